The third-order valence-corrected chi connectivity index (χ3v) is 3.97. The van der Waals surface area contributed by atoms with Crippen molar-refractivity contribution in [2.45, 2.75) is 32.6 Å². The highest BCUT2D eigenvalue weighted by atomic mass is 16.1. The van der Waals surface area contributed by atoms with Crippen LogP contribution >= 0.6 is 0 Å². The first-order chi connectivity index (χ1) is 9.20. The third kappa shape index (κ3) is 3.67. The fourth-order valence-electron chi connectivity index (χ4n) is 2.66. The predicted molar refractivity (Wildman–Crippen MR) is 75.5 cm³/mol. The van der Waals surface area contributed by atoms with E-state index < -0.39 is 0 Å². The summed E-state index contributed by atoms with van der Waals surface area (Å²) in [5, 5.41) is 2.98. The molecule has 5 heteroatoms. The quantitative estimate of drug-likeness (QED) is 0.572. The largest absolute Gasteiger partial charge is 0.350 e. The maximum absolute atomic E-state index is 12.0. The first-order valence-electron chi connectivity index (χ1n) is 6.91. The maximum atomic E-state index is 12.0. The van der Waals surface area contributed by atoms with E-state index in [1.54, 1.807) is 18.3 Å². The summed E-state index contributed by atoms with van der Waals surface area (Å²) < 4.78 is 0. The molecule has 2 rings (SSSR count). The van der Waals surface area contributed by atoms with Crippen LogP contribution in [0.4, 0.5) is 5.69 Å². The van der Waals surface area contributed by atoms with Crippen LogP contribution in [0.5, 0.6) is 0 Å². The van der Waals surface area contributed by atoms with E-state index in [9.17, 15) is 4.79 Å². The first kappa shape index (κ1) is 13.8. The number of anilines is 1. The molecule has 1 saturated carbocycles. The molecule has 104 valence electrons. The van der Waals surface area contributed by atoms with Crippen molar-refractivity contribution in [2.24, 2.45) is 17.7 Å². The van der Waals surface area contributed by atoms with Crippen LogP contribution in [0.1, 0.15) is 43.1 Å². The molecular weight excluding hydrogens is 240 g/mol. The van der Waals surface area contributed by atoms with Crippen molar-refractivity contribution in [3.05, 3.63) is 24.0 Å². The minimum atomic E-state index is -0.130. The normalized spacial score (nSPS) is 22.8. The molecule has 0 radical (unpaired) electrons. The summed E-state index contributed by atoms with van der Waals surface area (Å²) in [6.07, 6.45) is 6.64. The molecule has 5 nitrogen and oxygen atoms in total. The zero-order valence-corrected chi connectivity index (χ0v) is 11.4. The summed E-state index contributed by atoms with van der Waals surface area (Å²) in [5.41, 5.74) is 3.60. The Morgan fingerprint density at radius 2 is 2.26 bits per heavy atom. The van der Waals surface area contributed by atoms with E-state index in [1.165, 1.54) is 25.7 Å². The molecule has 2 unspecified atom stereocenters. The van der Waals surface area contributed by atoms with Gasteiger partial charge in [-0.3, -0.25) is 15.6 Å². The average Bonchev–Trinajstić information content (AvgIpc) is 2.46. The lowest BCUT2D eigenvalue weighted by Crippen LogP contribution is -2.33. The second kappa shape index (κ2) is 6.52. The molecule has 0 aromatic carbocycles. The van der Waals surface area contributed by atoms with Crippen LogP contribution in [0.2, 0.25) is 0 Å². The van der Waals surface area contributed by atoms with Gasteiger partial charge in [0.05, 0.1) is 5.69 Å². The molecule has 1 heterocycles. The van der Waals surface area contributed by atoms with E-state index in [0.29, 0.717) is 23.2 Å². The fraction of sp³-hybridized carbons (Fsp3) is 0.571. The molecule has 0 aliphatic heterocycles. The summed E-state index contributed by atoms with van der Waals surface area (Å²) in [4.78, 5) is 16.1. The number of aromatic nitrogens is 1. The van der Waals surface area contributed by atoms with Crippen molar-refractivity contribution < 1.29 is 4.79 Å². The summed E-state index contributed by atoms with van der Waals surface area (Å²) >= 11 is 0. The second-order valence-electron chi connectivity index (χ2n) is 5.31. The Balaban J connectivity index is 1.89. The van der Waals surface area contributed by atoms with E-state index in [0.717, 1.165) is 6.54 Å². The van der Waals surface area contributed by atoms with Gasteiger partial charge in [0.15, 0.2) is 0 Å². The standard InChI is InChI=1S/C14H22N4O/c1-10-4-2-3-5-11(10)9-17-14(19)13-8-12(18-15)6-7-16-13/h6-8,10-11H,2-5,9,15H2,1H3,(H,16,18)(H,17,19). The summed E-state index contributed by atoms with van der Waals surface area (Å²) in [5.74, 6) is 6.47. The monoisotopic (exact) mass is 262 g/mol. The molecule has 0 bridgehead atoms. The second-order valence-corrected chi connectivity index (χ2v) is 5.31. The Morgan fingerprint density at radius 3 is 3.00 bits per heavy atom. The lowest BCUT2D eigenvalue weighted by Gasteiger charge is -2.28. The third-order valence-electron chi connectivity index (χ3n) is 3.97. The lowest BCUT2D eigenvalue weighted by atomic mass is 9.80. The number of rotatable bonds is 4. The van der Waals surface area contributed by atoms with Crippen LogP contribution in [-0.2, 0) is 0 Å². The van der Waals surface area contributed by atoms with E-state index >= 15 is 0 Å². The topological polar surface area (TPSA) is 80.0 Å². The van der Waals surface area contributed by atoms with Crippen LogP contribution in [-0.4, -0.2) is 17.4 Å². The highest BCUT2D eigenvalue weighted by molar-refractivity contribution is 5.93. The van der Waals surface area contributed by atoms with E-state index in [4.69, 9.17) is 5.84 Å². The molecule has 1 aliphatic rings. The number of hydrogen-bond acceptors (Lipinski definition) is 4. The number of nitrogens with two attached hydrogens (primary N) is 1. The molecule has 1 aliphatic carbocycles. The van der Waals surface area contributed by atoms with Crippen molar-refractivity contribution in [1.29, 1.82) is 0 Å². The first-order valence-corrected chi connectivity index (χ1v) is 6.91. The van der Waals surface area contributed by atoms with Gasteiger partial charge in [0.1, 0.15) is 5.69 Å². The van der Waals surface area contributed by atoms with Crippen molar-refractivity contribution >= 4 is 11.6 Å². The van der Waals surface area contributed by atoms with Crippen LogP contribution in [0.25, 0.3) is 0 Å². The van der Waals surface area contributed by atoms with E-state index in [1.807, 2.05) is 0 Å². The number of pyridine rings is 1. The number of nitrogens with zero attached hydrogens (tertiary/aromatic N) is 1. The van der Waals surface area contributed by atoms with Gasteiger partial charge in [0, 0.05) is 12.7 Å². The number of carbonyl (C=O) groups excluding carboxylic acids is 1. The minimum Gasteiger partial charge on any atom is -0.350 e. The van der Waals surface area contributed by atoms with Crippen molar-refractivity contribution in [1.82, 2.24) is 10.3 Å². The molecule has 19 heavy (non-hydrogen) atoms. The van der Waals surface area contributed by atoms with Crippen LogP contribution in [0, 0.1) is 11.8 Å². The molecule has 1 aromatic rings. The number of hydrazine groups is 1. The van der Waals surface area contributed by atoms with Crippen molar-refractivity contribution in [3.63, 3.8) is 0 Å². The molecule has 2 atom stereocenters. The van der Waals surface area contributed by atoms with Crippen LogP contribution in [0.3, 0.4) is 0 Å². The summed E-state index contributed by atoms with van der Waals surface area (Å²) in [7, 11) is 0. The van der Waals surface area contributed by atoms with Crippen molar-refractivity contribution in [3.8, 4) is 0 Å². The van der Waals surface area contributed by atoms with Crippen LogP contribution < -0.4 is 16.6 Å². The Bertz CT molecular complexity index is 435. The van der Waals surface area contributed by atoms with Gasteiger partial charge in [-0.25, -0.2) is 0 Å². The molecule has 0 spiro atoms. The fourth-order valence-corrected chi connectivity index (χ4v) is 2.66. The Kier molecular flexibility index (Phi) is 4.74. The van der Waals surface area contributed by atoms with E-state index in [-0.39, 0.29) is 5.91 Å². The van der Waals surface area contributed by atoms with Gasteiger partial charge in [-0.1, -0.05) is 26.2 Å². The molecular formula is C14H22N4O. The summed E-state index contributed by atoms with van der Waals surface area (Å²) in [6, 6.07) is 3.37. The molecule has 1 fully saturated rings. The van der Waals surface area contributed by atoms with Gasteiger partial charge in [-0.15, -0.1) is 0 Å². The minimum absolute atomic E-state index is 0.130. The molecule has 1 amide bonds. The lowest BCUT2D eigenvalue weighted by molar-refractivity contribution is 0.0931. The summed E-state index contributed by atoms with van der Waals surface area (Å²) in [6.45, 7) is 3.01. The molecule has 4 N–H and O–H groups in total. The molecule has 0 saturated heterocycles. The Hall–Kier alpha value is -1.62. The zero-order valence-electron chi connectivity index (χ0n) is 11.4. The Labute approximate surface area is 114 Å². The number of nitrogens with one attached hydrogen (secondary N) is 2. The van der Waals surface area contributed by atoms with Gasteiger partial charge in [0.25, 0.3) is 5.91 Å². The SMILES string of the molecule is CC1CCCCC1CNC(=O)c1cc(NN)ccn1. The van der Waals surface area contributed by atoms with Gasteiger partial charge in [0.2, 0.25) is 0 Å². The van der Waals surface area contributed by atoms with E-state index in [2.05, 4.69) is 22.7 Å². The van der Waals surface area contributed by atoms with Gasteiger partial charge < -0.3 is 10.7 Å². The van der Waals surface area contributed by atoms with Gasteiger partial charge >= 0.3 is 0 Å². The smallest absolute Gasteiger partial charge is 0.269 e. The number of hydrogen-bond donors (Lipinski definition) is 3. The Morgan fingerprint density at radius 1 is 1.47 bits per heavy atom. The average molecular weight is 262 g/mol. The van der Waals surface area contributed by atoms with Gasteiger partial charge in [-0.05, 0) is 30.4 Å². The number of nitrogen functional groups attached to an aromatic ring is 1. The molecule has 1 aromatic heterocycles. The predicted octanol–water partition coefficient (Wildman–Crippen LogP) is 1.92. The zero-order chi connectivity index (χ0) is 13.7. The maximum Gasteiger partial charge on any atom is 0.269 e. The highest BCUT2D eigenvalue weighted by Crippen LogP contribution is 2.28. The van der Waals surface area contributed by atoms with Crippen molar-refractivity contribution in [2.75, 3.05) is 12.0 Å². The number of amides is 1. The highest BCUT2D eigenvalue weighted by Gasteiger charge is 2.21. The number of carbonyl (C=O) groups is 1. The van der Waals surface area contributed by atoms with Crippen LogP contribution in [0.15, 0.2) is 18.3 Å². The van der Waals surface area contributed by atoms with Gasteiger partial charge in [-0.2, -0.15) is 0 Å².